The Kier molecular flexibility index (Phi) is 30.5. The van der Waals surface area contributed by atoms with Crippen molar-refractivity contribution in [1.29, 1.82) is 0 Å². The Balaban J connectivity index is 0.000000143. The molecule has 8 aromatic carbocycles. The van der Waals surface area contributed by atoms with Crippen molar-refractivity contribution in [3.63, 3.8) is 0 Å². The maximum atomic E-state index is 6.71. The molecule has 1 N–H and O–H groups in total. The number of anilines is 8. The fourth-order valence-electron chi connectivity index (χ4n) is 14.3. The van der Waals surface area contributed by atoms with Gasteiger partial charge < -0.3 is 58.1 Å². The van der Waals surface area contributed by atoms with Gasteiger partial charge in [-0.1, -0.05) is 67.8 Å². The highest BCUT2D eigenvalue weighted by Gasteiger charge is 2.26. The summed E-state index contributed by atoms with van der Waals surface area (Å²) in [4.78, 5) is 54.6. The molecule has 9 aromatic heterocycles. The third-order valence-electron chi connectivity index (χ3n) is 20.9. The first-order chi connectivity index (χ1) is 64.4. The molecule has 17 rings (SSSR count). The number of fused-ring (bicyclic) bond motifs is 4. The number of aryl methyl sites for hydroxylation is 4. The molecule has 0 aliphatic carbocycles. The summed E-state index contributed by atoms with van der Waals surface area (Å²) in [5.74, 6) is 17.9. The second-order valence-corrected chi connectivity index (χ2v) is 32.7. The van der Waals surface area contributed by atoms with Crippen LogP contribution in [-0.2, 0) is 28.2 Å². The lowest BCUT2D eigenvalue weighted by molar-refractivity contribution is 0.394. The van der Waals surface area contributed by atoms with E-state index >= 15 is 0 Å². The molecule has 0 saturated heterocycles. The van der Waals surface area contributed by atoms with Crippen molar-refractivity contribution >= 4 is 113 Å². The van der Waals surface area contributed by atoms with E-state index in [1.165, 1.54) is 0 Å². The highest BCUT2D eigenvalue weighted by atomic mass is 35.5. The van der Waals surface area contributed by atoms with Crippen LogP contribution in [0.2, 0.25) is 10.0 Å². The van der Waals surface area contributed by atoms with Crippen LogP contribution < -0.4 is 58.1 Å². The van der Waals surface area contributed by atoms with Crippen LogP contribution in [0.4, 0.5) is 45.5 Å². The predicted molar refractivity (Wildman–Crippen MR) is 526 cm³/mol. The fraction of sp³-hybridized carbons (Fsp3) is 0.248. The molecule has 0 aliphatic rings. The molecule has 0 atom stereocenters. The zero-order valence-electron chi connectivity index (χ0n) is 77.2. The second kappa shape index (κ2) is 43.3. The van der Waals surface area contributed by atoms with Crippen LogP contribution in [0, 0.1) is 29.1 Å². The molecule has 9 heterocycles. The van der Waals surface area contributed by atoms with E-state index in [0.29, 0.717) is 81.7 Å². The Morgan fingerprint density at radius 3 is 1.08 bits per heavy atom. The molecule has 32 heteroatoms. The van der Waals surface area contributed by atoms with Gasteiger partial charge in [0.05, 0.1) is 185 Å². The lowest BCUT2D eigenvalue weighted by Gasteiger charge is -2.28. The van der Waals surface area contributed by atoms with Crippen LogP contribution in [-0.4, -0.2) is 177 Å². The predicted octanol–water partition coefficient (Wildman–Crippen LogP) is 19.3. The van der Waals surface area contributed by atoms with E-state index in [9.17, 15) is 0 Å². The number of ether oxygens (including phenoxy) is 7. The Morgan fingerprint density at radius 2 is 0.737 bits per heavy atom. The Labute approximate surface area is 782 Å². The van der Waals surface area contributed by atoms with E-state index in [0.717, 1.165) is 154 Å². The number of hydrogen-bond acceptors (Lipinski definition) is 26. The van der Waals surface area contributed by atoms with Crippen molar-refractivity contribution in [2.75, 3.05) is 102 Å². The van der Waals surface area contributed by atoms with Crippen LogP contribution >= 0.6 is 23.2 Å². The molecular weight excluding hydrogens is 1720 g/mol. The van der Waals surface area contributed by atoms with E-state index < -0.39 is 0 Å². The Bertz CT molecular complexity index is 6990. The number of methoxy groups -OCH3 is 7. The van der Waals surface area contributed by atoms with E-state index in [-0.39, 0.29) is 5.41 Å². The first-order valence-corrected chi connectivity index (χ1v) is 43.5. The number of nitrogens with one attached hydrogen (secondary N) is 1. The summed E-state index contributed by atoms with van der Waals surface area (Å²) in [6.45, 7) is 15.9. The number of rotatable bonds is 27. The summed E-state index contributed by atoms with van der Waals surface area (Å²) in [6, 6.07) is 47.6. The van der Waals surface area contributed by atoms with Gasteiger partial charge >= 0.3 is 0 Å². The van der Waals surface area contributed by atoms with E-state index in [2.05, 4.69) is 160 Å². The van der Waals surface area contributed by atoms with Gasteiger partial charge in [0, 0.05) is 207 Å². The Hall–Kier alpha value is -15.5. The van der Waals surface area contributed by atoms with Crippen molar-refractivity contribution < 1.29 is 33.2 Å². The van der Waals surface area contributed by atoms with Gasteiger partial charge in [-0.05, 0) is 124 Å². The van der Waals surface area contributed by atoms with Gasteiger partial charge in [-0.2, -0.15) is 20.4 Å². The van der Waals surface area contributed by atoms with Gasteiger partial charge in [0.25, 0.3) is 0 Å². The molecular formula is C101H103Cl2N23O7. The minimum absolute atomic E-state index is 0.0920. The van der Waals surface area contributed by atoms with Crippen molar-refractivity contribution in [2.24, 2.45) is 33.6 Å². The Morgan fingerprint density at radius 1 is 0.376 bits per heavy atom. The maximum absolute atomic E-state index is 6.71. The fourth-order valence-corrected chi connectivity index (χ4v) is 15.0. The topological polar surface area (TPSA) is 290 Å². The van der Waals surface area contributed by atoms with E-state index in [1.54, 1.807) is 143 Å². The molecule has 0 unspecified atom stereocenters. The lowest BCUT2D eigenvalue weighted by atomic mass is 9.98. The molecule has 678 valence electrons. The minimum atomic E-state index is -0.0920. The van der Waals surface area contributed by atoms with Crippen molar-refractivity contribution in [1.82, 2.24) is 94.3 Å². The SMILES string of the molecule is CCCN(c1ccc2ncc(-c3cnn(C)c3)nc2c1)c1c(Cl)c(OC)cc(OC)c1Cl.COc1cc(OC)cc(N(CC#CC(C)(C)C)c2ccc3ncc(-c4cnn(C)c4)nc3c2)c1.COc1cc(OC)cc(N(CC#Cc2ncccn2)c2ccc3ncc(-c4cnn(C)c4)nc3c2)c1.COc1cccc(N(CCNC(C)C)c2ccc3ncc(-c4cnn(C)c4)nc3c2)c1. The number of halogens is 2. The molecule has 0 aliphatic heterocycles. The van der Waals surface area contributed by atoms with Gasteiger partial charge in [-0.3, -0.25) is 38.7 Å². The first kappa shape index (κ1) is 93.6. The van der Waals surface area contributed by atoms with Crippen molar-refractivity contribution in [2.45, 2.75) is 54.0 Å². The molecule has 0 amide bonds. The largest absolute Gasteiger partial charge is 0.497 e. The average Bonchev–Trinajstić information content (AvgIpc) is 1.66. The minimum Gasteiger partial charge on any atom is -0.497 e. The van der Waals surface area contributed by atoms with Gasteiger partial charge in [-0.25, -0.2) is 29.9 Å². The third-order valence-corrected chi connectivity index (χ3v) is 21.6. The lowest BCUT2D eigenvalue weighted by Crippen LogP contribution is -2.32. The van der Waals surface area contributed by atoms with Crippen LogP contribution in [0.25, 0.3) is 89.2 Å². The standard InChI is InChI=1S/C27H23N7O2.C27H29N5O2.C24H28N6O.C23H23Cl2N5O2/c1-33-18-19(16-31-33)26-17-30-24-8-7-20(14-25(24)32-26)34(11-4-6-27-28-9-5-10-29-27)21-12-22(35-2)15-23(13-21)36-3;1-27(2,3)10-7-11-32(21-12-22(33-5)15-23(13-21)34-6)20-8-9-24-25(14-20)30-26(17-28-24)19-16-29-31(4)18-19;1-17(2)25-10-11-30(19-6-5-7-21(12-19)31-4)20-8-9-22-23(13-20)28-24(15-26-22)18-14-27-29(3)16-18;1-5-8-30(23-21(24)19(31-3)10-20(32-4)22(23)25)15-6-7-16-17(9-15)28-18(12-26-16)14-11-27-29(2)13-14/h5,7-10,12-18H,11H2,1-3H3;8-9,12-18H,11H2,1-6H3;5-9,12-17,25H,10-11H2,1-4H3;6-7,9-13H,5,8H2,1-4H3. The monoisotopic (exact) mass is 1820 g/mol. The van der Waals surface area contributed by atoms with Crippen molar-refractivity contribution in [3.8, 4) is 109 Å². The number of nitrogens with zero attached hydrogens (tertiary/aromatic N) is 22. The normalized spacial score (nSPS) is 11.0. The number of aromatic nitrogens is 18. The molecule has 30 nitrogen and oxygen atoms in total. The van der Waals surface area contributed by atoms with E-state index in [4.69, 9.17) is 76.3 Å². The summed E-state index contributed by atoms with van der Waals surface area (Å²) in [7, 11) is 18.9. The zero-order chi connectivity index (χ0) is 93.8. The average molecular weight is 1820 g/mol. The van der Waals surface area contributed by atoms with E-state index in [1.807, 2.05) is 167 Å². The maximum Gasteiger partial charge on any atom is 0.204 e. The highest BCUT2D eigenvalue weighted by Crippen LogP contribution is 2.49. The first-order valence-electron chi connectivity index (χ1n) is 42.7. The van der Waals surface area contributed by atoms with Gasteiger partial charge in [0.2, 0.25) is 5.82 Å². The zero-order valence-corrected chi connectivity index (χ0v) is 78.7. The molecule has 0 radical (unpaired) electrons. The molecule has 133 heavy (non-hydrogen) atoms. The summed E-state index contributed by atoms with van der Waals surface area (Å²) in [6.07, 6.45) is 26.1. The molecule has 17 aromatic rings. The third kappa shape index (κ3) is 23.6. The molecule has 0 saturated carbocycles. The second-order valence-electron chi connectivity index (χ2n) is 31.9. The summed E-state index contributed by atoms with van der Waals surface area (Å²) < 4.78 is 45.4. The van der Waals surface area contributed by atoms with Crippen LogP contribution in [0.5, 0.6) is 40.2 Å². The van der Waals surface area contributed by atoms with Crippen LogP contribution in [0.3, 0.4) is 0 Å². The smallest absolute Gasteiger partial charge is 0.204 e. The summed E-state index contributed by atoms with van der Waals surface area (Å²) in [5.41, 5.74) is 20.4. The van der Waals surface area contributed by atoms with Crippen LogP contribution in [0.1, 0.15) is 53.8 Å². The molecule has 0 bridgehead atoms. The number of benzene rings is 8. The molecule has 0 spiro atoms. The van der Waals surface area contributed by atoms with Crippen LogP contribution in [0.15, 0.2) is 232 Å². The van der Waals surface area contributed by atoms with Crippen molar-refractivity contribution in [3.05, 3.63) is 248 Å². The summed E-state index contributed by atoms with van der Waals surface area (Å²) in [5, 5.41) is 21.3. The number of hydrogen-bond donors (Lipinski definition) is 1. The van der Waals surface area contributed by atoms with Gasteiger partial charge in [-0.15, -0.1) is 0 Å². The van der Waals surface area contributed by atoms with Gasteiger partial charge in [0.1, 0.15) is 50.3 Å². The quantitative estimate of drug-likeness (QED) is 0.0468. The summed E-state index contributed by atoms with van der Waals surface area (Å²) >= 11 is 13.4. The highest BCUT2D eigenvalue weighted by molar-refractivity contribution is 6.41. The molecule has 0 fully saturated rings. The van der Waals surface area contributed by atoms with Gasteiger partial charge in [0.15, 0.2) is 0 Å².